The van der Waals surface area contributed by atoms with Gasteiger partial charge in [-0.15, -0.1) is 16.4 Å². The van der Waals surface area contributed by atoms with E-state index in [9.17, 15) is 0 Å². The van der Waals surface area contributed by atoms with Gasteiger partial charge in [-0.05, 0) is 17.5 Å². The molecule has 1 atom stereocenters. The Labute approximate surface area is 143 Å². The number of rotatable bonds is 5. The summed E-state index contributed by atoms with van der Waals surface area (Å²) >= 11 is 1.70. The molecule has 0 fully saturated rings. The Morgan fingerprint density at radius 3 is 2.96 bits per heavy atom. The van der Waals surface area contributed by atoms with E-state index in [0.29, 0.717) is 24.4 Å². The van der Waals surface area contributed by atoms with Gasteiger partial charge in [0.05, 0.1) is 6.54 Å². The molecule has 1 N–H and O–H groups in total. The molecule has 1 aromatic carbocycles. The van der Waals surface area contributed by atoms with Crippen LogP contribution in [0.3, 0.4) is 0 Å². The van der Waals surface area contributed by atoms with Crippen molar-refractivity contribution in [2.75, 3.05) is 5.32 Å². The van der Waals surface area contributed by atoms with Gasteiger partial charge in [-0.25, -0.2) is 4.98 Å². The molecule has 3 heterocycles. The fourth-order valence-electron chi connectivity index (χ4n) is 2.58. The van der Waals surface area contributed by atoms with Crippen molar-refractivity contribution in [1.29, 1.82) is 0 Å². The first-order valence-electron chi connectivity index (χ1n) is 7.95. The first-order valence-corrected chi connectivity index (χ1v) is 8.77. The molecule has 7 heteroatoms. The zero-order chi connectivity index (χ0) is 16.5. The zero-order valence-corrected chi connectivity index (χ0v) is 14.3. The third-order valence-electron chi connectivity index (χ3n) is 3.89. The van der Waals surface area contributed by atoms with E-state index >= 15 is 0 Å². The number of para-hydroxylation sites is 1. The minimum Gasteiger partial charge on any atom is -0.480 e. The Kier molecular flexibility index (Phi) is 3.93. The molecule has 0 spiro atoms. The highest BCUT2D eigenvalue weighted by Gasteiger charge is 2.28. The number of nitrogens with one attached hydrogen (secondary N) is 1. The third-order valence-corrected chi connectivity index (χ3v) is 5.19. The van der Waals surface area contributed by atoms with Crippen LogP contribution >= 0.6 is 11.3 Å². The van der Waals surface area contributed by atoms with Crippen LogP contribution in [0.5, 0.6) is 5.75 Å². The fraction of sp³-hybridized carbons (Fsp3) is 0.353. The van der Waals surface area contributed by atoms with Gasteiger partial charge in [0.25, 0.3) is 5.89 Å². The number of hydrogen-bond donors (Lipinski definition) is 1. The van der Waals surface area contributed by atoms with Gasteiger partial charge in [0.2, 0.25) is 0 Å². The standard InChI is InChI=1S/C17H18N4O2S/c1-10(2)14-8-18-15(24-14)9-19-17-21-20-16(23-17)13-7-11-5-3-4-6-12(11)22-13/h3-6,8,10,13H,7,9H2,1-2H3,(H,19,21)/t13-/m0/s1. The van der Waals surface area contributed by atoms with Crippen molar-refractivity contribution in [2.45, 2.75) is 38.8 Å². The van der Waals surface area contributed by atoms with Crippen molar-refractivity contribution in [2.24, 2.45) is 0 Å². The summed E-state index contributed by atoms with van der Waals surface area (Å²) < 4.78 is 11.6. The van der Waals surface area contributed by atoms with E-state index < -0.39 is 0 Å². The summed E-state index contributed by atoms with van der Waals surface area (Å²) in [6.07, 6.45) is 2.47. The molecule has 2 aromatic heterocycles. The molecule has 3 aromatic rings. The van der Waals surface area contributed by atoms with Crippen LogP contribution in [-0.2, 0) is 13.0 Å². The Morgan fingerprint density at radius 1 is 1.29 bits per heavy atom. The lowest BCUT2D eigenvalue weighted by atomic mass is 10.1. The molecule has 24 heavy (non-hydrogen) atoms. The van der Waals surface area contributed by atoms with Crippen LogP contribution in [-0.4, -0.2) is 15.2 Å². The number of hydrogen-bond acceptors (Lipinski definition) is 7. The molecule has 4 rings (SSSR count). The van der Waals surface area contributed by atoms with Crippen LogP contribution < -0.4 is 10.1 Å². The Bertz CT molecular complexity index is 817. The van der Waals surface area contributed by atoms with Gasteiger partial charge in [0.15, 0.2) is 6.10 Å². The number of ether oxygens (including phenoxy) is 1. The Morgan fingerprint density at radius 2 is 2.17 bits per heavy atom. The van der Waals surface area contributed by atoms with E-state index in [1.165, 1.54) is 10.4 Å². The molecule has 0 bridgehead atoms. The van der Waals surface area contributed by atoms with Gasteiger partial charge in [-0.1, -0.05) is 37.1 Å². The van der Waals surface area contributed by atoms with E-state index in [-0.39, 0.29) is 6.10 Å². The van der Waals surface area contributed by atoms with Gasteiger partial charge in [0, 0.05) is 17.5 Å². The molecular formula is C17H18N4O2S. The Balaban J connectivity index is 1.39. The Hall–Kier alpha value is -2.41. The van der Waals surface area contributed by atoms with Crippen LogP contribution in [0, 0.1) is 0 Å². The van der Waals surface area contributed by atoms with Crippen molar-refractivity contribution in [3.63, 3.8) is 0 Å². The molecule has 6 nitrogen and oxygen atoms in total. The fourth-order valence-corrected chi connectivity index (χ4v) is 3.44. The molecular weight excluding hydrogens is 324 g/mol. The SMILES string of the molecule is CC(C)c1cnc(CNc2nnc([C@@H]3Cc4ccccc4O3)o2)s1. The molecule has 0 saturated heterocycles. The lowest BCUT2D eigenvalue weighted by Gasteiger charge is -2.04. The quantitative estimate of drug-likeness (QED) is 0.757. The maximum Gasteiger partial charge on any atom is 0.315 e. The largest absolute Gasteiger partial charge is 0.480 e. The molecule has 1 aliphatic heterocycles. The lowest BCUT2D eigenvalue weighted by molar-refractivity contribution is 0.199. The van der Waals surface area contributed by atoms with E-state index in [1.807, 2.05) is 24.4 Å². The van der Waals surface area contributed by atoms with E-state index in [1.54, 1.807) is 11.3 Å². The summed E-state index contributed by atoms with van der Waals surface area (Å²) in [5, 5.41) is 12.3. The summed E-state index contributed by atoms with van der Waals surface area (Å²) in [6, 6.07) is 8.37. The van der Waals surface area contributed by atoms with Crippen LogP contribution in [0.1, 0.15) is 47.2 Å². The lowest BCUT2D eigenvalue weighted by Crippen LogP contribution is -2.03. The van der Waals surface area contributed by atoms with E-state index in [0.717, 1.165) is 17.2 Å². The number of benzene rings is 1. The second-order valence-electron chi connectivity index (χ2n) is 6.03. The molecule has 1 aliphatic rings. The van der Waals surface area contributed by atoms with Crippen LogP contribution in [0.2, 0.25) is 0 Å². The summed E-state index contributed by atoms with van der Waals surface area (Å²) in [5.41, 5.74) is 1.17. The predicted octanol–water partition coefficient (Wildman–Crippen LogP) is 3.94. The van der Waals surface area contributed by atoms with Gasteiger partial charge in [-0.3, -0.25) is 0 Å². The summed E-state index contributed by atoms with van der Waals surface area (Å²) in [6.45, 7) is 4.90. The van der Waals surface area contributed by atoms with E-state index in [2.05, 4.69) is 40.4 Å². The molecule has 0 radical (unpaired) electrons. The van der Waals surface area contributed by atoms with Crippen LogP contribution in [0.4, 0.5) is 6.01 Å². The number of thiazole rings is 1. The predicted molar refractivity (Wildman–Crippen MR) is 91.3 cm³/mol. The van der Waals surface area contributed by atoms with Gasteiger partial charge in [0.1, 0.15) is 10.8 Å². The molecule has 0 aliphatic carbocycles. The number of fused-ring (bicyclic) bond motifs is 1. The maximum absolute atomic E-state index is 5.86. The van der Waals surface area contributed by atoms with Crippen LogP contribution in [0.25, 0.3) is 0 Å². The minimum absolute atomic E-state index is 0.210. The van der Waals surface area contributed by atoms with Crippen molar-refractivity contribution in [3.05, 3.63) is 51.8 Å². The minimum atomic E-state index is -0.210. The highest BCUT2D eigenvalue weighted by Crippen LogP contribution is 2.36. The van der Waals surface area contributed by atoms with Gasteiger partial charge >= 0.3 is 6.01 Å². The summed E-state index contributed by atoms with van der Waals surface area (Å²) in [7, 11) is 0. The molecule has 0 unspecified atom stereocenters. The van der Waals surface area contributed by atoms with Crippen molar-refractivity contribution >= 4 is 17.4 Å². The van der Waals surface area contributed by atoms with Crippen molar-refractivity contribution in [3.8, 4) is 5.75 Å². The normalized spacial score (nSPS) is 16.2. The monoisotopic (exact) mass is 342 g/mol. The van der Waals surface area contributed by atoms with E-state index in [4.69, 9.17) is 9.15 Å². The summed E-state index contributed by atoms with van der Waals surface area (Å²) in [4.78, 5) is 5.68. The van der Waals surface area contributed by atoms with Crippen molar-refractivity contribution in [1.82, 2.24) is 15.2 Å². The second-order valence-corrected chi connectivity index (χ2v) is 7.18. The number of anilines is 1. The first kappa shape index (κ1) is 15.1. The van der Waals surface area contributed by atoms with Crippen molar-refractivity contribution < 1.29 is 9.15 Å². The topological polar surface area (TPSA) is 73.1 Å². The number of aromatic nitrogens is 3. The molecule has 124 valence electrons. The summed E-state index contributed by atoms with van der Waals surface area (Å²) in [5.74, 6) is 1.88. The van der Waals surface area contributed by atoms with Gasteiger partial charge in [-0.2, -0.15) is 0 Å². The smallest absolute Gasteiger partial charge is 0.315 e. The first-order chi connectivity index (χ1) is 11.7. The number of nitrogens with zero attached hydrogens (tertiary/aromatic N) is 3. The highest BCUT2D eigenvalue weighted by atomic mass is 32.1. The molecule has 0 saturated carbocycles. The third kappa shape index (κ3) is 2.99. The average Bonchev–Trinajstić information content (AvgIpc) is 3.30. The zero-order valence-electron chi connectivity index (χ0n) is 13.5. The van der Waals surface area contributed by atoms with Gasteiger partial charge < -0.3 is 14.5 Å². The van der Waals surface area contributed by atoms with Crippen LogP contribution in [0.15, 0.2) is 34.9 Å². The second kappa shape index (κ2) is 6.24. The molecule has 0 amide bonds. The average molecular weight is 342 g/mol. The maximum atomic E-state index is 5.86. The highest BCUT2D eigenvalue weighted by molar-refractivity contribution is 7.11.